The Bertz CT molecular complexity index is 700. The lowest BCUT2D eigenvalue weighted by molar-refractivity contribution is -0.120. The first-order chi connectivity index (χ1) is 10.7. The van der Waals surface area contributed by atoms with E-state index in [1.807, 2.05) is 43.5 Å². The number of nitrogens with two attached hydrogens (primary N) is 1. The molecule has 1 amide bonds. The minimum absolute atomic E-state index is 0.0499. The fourth-order valence-electron chi connectivity index (χ4n) is 2.53. The summed E-state index contributed by atoms with van der Waals surface area (Å²) in [6.45, 7) is 6.88. The monoisotopic (exact) mass is 318 g/mol. The molecule has 23 heavy (non-hydrogen) atoms. The highest BCUT2D eigenvalue weighted by Crippen LogP contribution is 2.26. The topological polar surface area (TPSA) is 84.4 Å². The van der Waals surface area contributed by atoms with Gasteiger partial charge in [-0.05, 0) is 30.0 Å². The number of rotatable bonds is 5. The molecule has 0 unspecified atom stereocenters. The zero-order valence-electron chi connectivity index (χ0n) is 14.3. The van der Waals surface area contributed by atoms with E-state index >= 15 is 0 Å². The summed E-state index contributed by atoms with van der Waals surface area (Å²) in [6, 6.07) is 5.70. The molecule has 0 fully saturated rings. The normalized spacial score (nSPS) is 11.9. The molecule has 2 aromatic rings. The largest absolute Gasteiger partial charge is 0.396 e. The second-order valence-electron chi connectivity index (χ2n) is 7.06. The number of amides is 1. The van der Waals surface area contributed by atoms with Crippen LogP contribution in [0.1, 0.15) is 33.6 Å². The van der Waals surface area contributed by atoms with Crippen LogP contribution in [0.4, 0.5) is 11.6 Å². The van der Waals surface area contributed by atoms with Crippen molar-refractivity contribution in [2.75, 3.05) is 24.3 Å². The molecule has 0 atom stereocenters. The van der Waals surface area contributed by atoms with Crippen LogP contribution in [0.5, 0.6) is 0 Å². The van der Waals surface area contributed by atoms with Crippen LogP contribution in [0.25, 0.3) is 11.0 Å². The number of carbonyl (C=O) groups is 1. The van der Waals surface area contributed by atoms with Crippen LogP contribution in [0.15, 0.2) is 18.2 Å². The van der Waals surface area contributed by atoms with E-state index in [4.69, 9.17) is 10.8 Å². The smallest absolute Gasteiger partial charge is 0.227 e. The lowest BCUT2D eigenvalue weighted by Crippen LogP contribution is -2.29. The zero-order valence-corrected chi connectivity index (χ0v) is 14.3. The summed E-state index contributed by atoms with van der Waals surface area (Å²) < 4.78 is 1.88. The number of aryl methyl sites for hydroxylation is 1. The van der Waals surface area contributed by atoms with Crippen LogP contribution in [0, 0.1) is 5.41 Å². The molecule has 3 N–H and O–H groups in total. The molecule has 2 rings (SSSR count). The molecule has 1 aromatic heterocycles. The number of fused-ring (bicyclic) bond motifs is 1. The molecular weight excluding hydrogens is 292 g/mol. The highest BCUT2D eigenvalue weighted by molar-refractivity contribution is 5.95. The van der Waals surface area contributed by atoms with E-state index in [1.165, 1.54) is 0 Å². The van der Waals surface area contributed by atoms with Crippen LogP contribution in [-0.2, 0) is 11.3 Å². The number of benzene rings is 1. The minimum Gasteiger partial charge on any atom is -0.396 e. The Morgan fingerprint density at radius 3 is 2.70 bits per heavy atom. The first kappa shape index (κ1) is 17.3. The third-order valence-electron chi connectivity index (χ3n) is 3.74. The van der Waals surface area contributed by atoms with Crippen LogP contribution in [0.2, 0.25) is 0 Å². The summed E-state index contributed by atoms with van der Waals surface area (Å²) in [7, 11) is 1.78. The number of nitrogens with zero attached hydrogens (tertiary/aromatic N) is 3. The Morgan fingerprint density at radius 2 is 2.09 bits per heavy atom. The zero-order chi connectivity index (χ0) is 17.2. The summed E-state index contributed by atoms with van der Waals surface area (Å²) in [5, 5.41) is 8.98. The molecule has 6 heteroatoms. The van der Waals surface area contributed by atoms with Crippen molar-refractivity contribution in [1.82, 2.24) is 9.55 Å². The molecule has 0 saturated heterocycles. The van der Waals surface area contributed by atoms with Crippen LogP contribution >= 0.6 is 0 Å². The molecule has 1 aromatic carbocycles. The summed E-state index contributed by atoms with van der Waals surface area (Å²) in [5.74, 6) is 0.499. The quantitative estimate of drug-likeness (QED) is 0.886. The van der Waals surface area contributed by atoms with Gasteiger partial charge < -0.3 is 20.3 Å². The third-order valence-corrected chi connectivity index (χ3v) is 3.74. The van der Waals surface area contributed by atoms with Gasteiger partial charge in [-0.1, -0.05) is 20.8 Å². The van der Waals surface area contributed by atoms with E-state index in [2.05, 4.69) is 4.98 Å². The second-order valence-corrected chi connectivity index (χ2v) is 7.06. The number of aliphatic hydroxyl groups is 1. The van der Waals surface area contributed by atoms with Crippen molar-refractivity contribution in [2.24, 2.45) is 5.41 Å². The van der Waals surface area contributed by atoms with Gasteiger partial charge in [0.1, 0.15) is 0 Å². The lowest BCUT2D eigenvalue weighted by Gasteiger charge is -2.23. The van der Waals surface area contributed by atoms with Gasteiger partial charge in [-0.2, -0.15) is 0 Å². The average Bonchev–Trinajstić information content (AvgIpc) is 2.77. The molecular formula is C17H26N4O2. The Kier molecular flexibility index (Phi) is 4.94. The molecule has 0 bridgehead atoms. The van der Waals surface area contributed by atoms with Crippen LogP contribution in [0.3, 0.4) is 0 Å². The predicted octanol–water partition coefficient (Wildman–Crippen LogP) is 2.40. The summed E-state index contributed by atoms with van der Waals surface area (Å²) in [4.78, 5) is 18.4. The van der Waals surface area contributed by atoms with Crippen molar-refractivity contribution in [3.05, 3.63) is 18.2 Å². The summed E-state index contributed by atoms with van der Waals surface area (Å²) in [6.07, 6.45) is 1.11. The summed E-state index contributed by atoms with van der Waals surface area (Å²) >= 11 is 0. The van der Waals surface area contributed by atoms with Crippen molar-refractivity contribution in [1.29, 1.82) is 0 Å². The van der Waals surface area contributed by atoms with Gasteiger partial charge in [0.15, 0.2) is 0 Å². The van der Waals surface area contributed by atoms with Crippen molar-refractivity contribution in [3.8, 4) is 0 Å². The maximum Gasteiger partial charge on any atom is 0.227 e. The minimum atomic E-state index is -0.0499. The Morgan fingerprint density at radius 1 is 1.39 bits per heavy atom. The number of aliphatic hydroxyl groups excluding tert-OH is 1. The molecule has 0 spiro atoms. The highest BCUT2D eigenvalue weighted by Gasteiger charge is 2.20. The SMILES string of the molecule is CN(C(=O)CC(C)(C)C)c1ccc2c(c1)nc(N)n2CCCO. The van der Waals surface area contributed by atoms with Gasteiger partial charge in [0.25, 0.3) is 0 Å². The number of nitrogen functional groups attached to an aromatic ring is 1. The molecule has 0 aliphatic rings. The standard InChI is InChI=1S/C17H26N4O2/c1-17(2,3)11-15(23)20(4)12-6-7-14-13(10-12)19-16(18)21(14)8-5-9-22/h6-7,10,22H,5,8-9,11H2,1-4H3,(H2,18,19). The van der Waals surface area contributed by atoms with E-state index in [-0.39, 0.29) is 17.9 Å². The number of aromatic nitrogens is 2. The fourth-order valence-corrected chi connectivity index (χ4v) is 2.53. The first-order valence-electron chi connectivity index (χ1n) is 7.86. The van der Waals surface area contributed by atoms with E-state index in [0.29, 0.717) is 25.3 Å². The first-order valence-corrected chi connectivity index (χ1v) is 7.86. The Balaban J connectivity index is 2.28. The number of carbonyl (C=O) groups excluding carboxylic acids is 1. The number of hydrogen-bond acceptors (Lipinski definition) is 4. The predicted molar refractivity (Wildman–Crippen MR) is 93.3 cm³/mol. The molecule has 1 heterocycles. The number of imidazole rings is 1. The van der Waals surface area contributed by atoms with Crippen molar-refractivity contribution < 1.29 is 9.90 Å². The van der Waals surface area contributed by atoms with Gasteiger partial charge in [0, 0.05) is 32.3 Å². The Labute approximate surface area is 136 Å². The van der Waals surface area contributed by atoms with Gasteiger partial charge in [0.2, 0.25) is 11.9 Å². The third kappa shape index (κ3) is 4.01. The van der Waals surface area contributed by atoms with Gasteiger partial charge in [-0.15, -0.1) is 0 Å². The summed E-state index contributed by atoms with van der Waals surface area (Å²) in [5.41, 5.74) is 8.38. The van der Waals surface area contributed by atoms with E-state index < -0.39 is 0 Å². The van der Waals surface area contributed by atoms with Gasteiger partial charge in [-0.3, -0.25) is 4.79 Å². The van der Waals surface area contributed by atoms with Gasteiger partial charge in [0.05, 0.1) is 11.0 Å². The molecule has 0 aliphatic carbocycles. The van der Waals surface area contributed by atoms with E-state index in [0.717, 1.165) is 16.7 Å². The lowest BCUT2D eigenvalue weighted by atomic mass is 9.91. The molecule has 126 valence electrons. The Hall–Kier alpha value is -2.08. The average molecular weight is 318 g/mol. The number of anilines is 2. The van der Waals surface area contributed by atoms with Crippen LogP contribution in [-0.4, -0.2) is 34.2 Å². The maximum atomic E-state index is 12.4. The van der Waals surface area contributed by atoms with Gasteiger partial charge in [-0.25, -0.2) is 4.98 Å². The molecule has 0 saturated carbocycles. The number of hydrogen-bond donors (Lipinski definition) is 2. The fraction of sp³-hybridized carbons (Fsp3) is 0.529. The van der Waals surface area contributed by atoms with E-state index in [1.54, 1.807) is 11.9 Å². The van der Waals surface area contributed by atoms with Crippen molar-refractivity contribution in [2.45, 2.75) is 40.2 Å². The van der Waals surface area contributed by atoms with Gasteiger partial charge >= 0.3 is 0 Å². The highest BCUT2D eigenvalue weighted by atomic mass is 16.3. The second kappa shape index (κ2) is 6.58. The van der Waals surface area contributed by atoms with Crippen LogP contribution < -0.4 is 10.6 Å². The molecule has 0 radical (unpaired) electrons. The molecule has 6 nitrogen and oxygen atoms in total. The maximum absolute atomic E-state index is 12.4. The van der Waals surface area contributed by atoms with E-state index in [9.17, 15) is 4.79 Å². The molecule has 0 aliphatic heterocycles. The van der Waals surface area contributed by atoms with Crippen molar-refractivity contribution >= 4 is 28.6 Å². The van der Waals surface area contributed by atoms with Crippen molar-refractivity contribution in [3.63, 3.8) is 0 Å².